The zero-order valence-electron chi connectivity index (χ0n) is 6.20. The van der Waals surface area contributed by atoms with Gasteiger partial charge in [0.15, 0.2) is 12.6 Å². The monoisotopic (exact) mass is 177 g/mol. The van der Waals surface area contributed by atoms with Gasteiger partial charge in [-0.05, 0) is 0 Å². The highest BCUT2D eigenvalue weighted by Crippen LogP contribution is 2.16. The highest BCUT2D eigenvalue weighted by atomic mass is 16.6. The van der Waals surface area contributed by atoms with Gasteiger partial charge in [-0.2, -0.15) is 0 Å². The van der Waals surface area contributed by atoms with Crippen LogP contribution in [0.1, 0.15) is 0 Å². The summed E-state index contributed by atoms with van der Waals surface area (Å²) in [6.07, 6.45) is -5.04. The van der Waals surface area contributed by atoms with Crippen LogP contribution in [0.25, 0.3) is 0 Å². The molecule has 0 aromatic carbocycles. The number of carbonyl (C=O) groups is 1. The summed E-state index contributed by atoms with van der Waals surface area (Å²) in [5, 5.41) is 27.3. The van der Waals surface area contributed by atoms with E-state index in [0.717, 1.165) is 0 Å². The van der Waals surface area contributed by atoms with Gasteiger partial charge in [0.05, 0.1) is 6.04 Å². The van der Waals surface area contributed by atoms with Gasteiger partial charge in [0.2, 0.25) is 0 Å². The van der Waals surface area contributed by atoms with Gasteiger partial charge in [-0.25, -0.2) is 0 Å². The van der Waals surface area contributed by atoms with Crippen molar-refractivity contribution in [2.24, 2.45) is 5.73 Å². The first-order valence-corrected chi connectivity index (χ1v) is 3.48. The van der Waals surface area contributed by atoms with E-state index in [1.165, 1.54) is 0 Å². The third-order valence-electron chi connectivity index (χ3n) is 1.84. The molecule has 1 aliphatic heterocycles. The zero-order valence-corrected chi connectivity index (χ0v) is 6.20. The minimum Gasteiger partial charge on any atom is -0.388 e. The van der Waals surface area contributed by atoms with E-state index in [9.17, 15) is 4.79 Å². The van der Waals surface area contributed by atoms with Crippen molar-refractivity contribution in [2.75, 3.05) is 0 Å². The van der Waals surface area contributed by atoms with Crippen molar-refractivity contribution < 1.29 is 24.9 Å². The smallest absolute Gasteiger partial charge is 0.173 e. The molecule has 1 aliphatic rings. The number of hydrogen-bond acceptors (Lipinski definition) is 6. The van der Waals surface area contributed by atoms with Crippen molar-refractivity contribution in [3.05, 3.63) is 0 Å². The Bertz CT molecular complexity index is 175. The largest absolute Gasteiger partial charge is 0.388 e. The van der Waals surface area contributed by atoms with Crippen LogP contribution < -0.4 is 5.73 Å². The summed E-state index contributed by atoms with van der Waals surface area (Å²) in [6, 6.07) is -1.09. The number of rotatable bonds is 1. The molecule has 1 saturated heterocycles. The molecular weight excluding hydrogens is 166 g/mol. The second-order valence-corrected chi connectivity index (χ2v) is 2.69. The average Bonchev–Trinajstić information content (AvgIpc) is 2.08. The van der Waals surface area contributed by atoms with Crippen LogP contribution in [0, 0.1) is 0 Å². The van der Waals surface area contributed by atoms with E-state index in [1.807, 2.05) is 0 Å². The van der Waals surface area contributed by atoms with E-state index < -0.39 is 30.6 Å². The van der Waals surface area contributed by atoms with Crippen molar-refractivity contribution in [1.29, 1.82) is 0 Å². The Hall–Kier alpha value is -0.530. The number of aliphatic hydroxyl groups excluding tert-OH is 3. The Balaban J connectivity index is 2.70. The van der Waals surface area contributed by atoms with E-state index >= 15 is 0 Å². The molecule has 1 heterocycles. The van der Waals surface area contributed by atoms with Crippen LogP contribution in [-0.4, -0.2) is 52.2 Å². The van der Waals surface area contributed by atoms with Crippen LogP contribution in [0.4, 0.5) is 0 Å². The highest BCUT2D eigenvalue weighted by molar-refractivity contribution is 5.57. The Labute approximate surface area is 68.6 Å². The molecule has 12 heavy (non-hydrogen) atoms. The lowest BCUT2D eigenvalue weighted by Gasteiger charge is -2.36. The van der Waals surface area contributed by atoms with E-state index in [1.54, 1.807) is 0 Å². The fraction of sp³-hybridized carbons (Fsp3) is 0.833. The summed E-state index contributed by atoms with van der Waals surface area (Å²) in [5.41, 5.74) is 5.23. The number of ether oxygens (including phenoxy) is 1. The molecule has 1 fully saturated rings. The lowest BCUT2D eigenvalue weighted by molar-refractivity contribution is -0.233. The van der Waals surface area contributed by atoms with E-state index in [-0.39, 0.29) is 0 Å². The molecule has 0 radical (unpaired) electrons. The van der Waals surface area contributed by atoms with Gasteiger partial charge >= 0.3 is 0 Å². The van der Waals surface area contributed by atoms with Crippen LogP contribution in [0.3, 0.4) is 0 Å². The van der Waals surface area contributed by atoms with Gasteiger partial charge in [-0.3, -0.25) is 0 Å². The Kier molecular flexibility index (Phi) is 2.76. The maximum Gasteiger partial charge on any atom is 0.173 e. The summed E-state index contributed by atoms with van der Waals surface area (Å²) < 4.78 is 4.58. The molecule has 6 nitrogen and oxygen atoms in total. The number of nitrogens with two attached hydrogens (primary N) is 1. The standard InChI is InChI=1S/C6H11NO5/c7-3-5(10)4(9)2(1-8)12-6(3)11/h1-6,9-11H,7H2/t2-,3-,4-,5-,6+/m1/s1. The van der Waals surface area contributed by atoms with Gasteiger partial charge in [-0.1, -0.05) is 0 Å². The first kappa shape index (κ1) is 9.56. The minimum atomic E-state index is -1.42. The second-order valence-electron chi connectivity index (χ2n) is 2.69. The van der Waals surface area contributed by atoms with Gasteiger partial charge < -0.3 is 30.6 Å². The molecule has 0 aliphatic carbocycles. The van der Waals surface area contributed by atoms with Crippen molar-refractivity contribution >= 4 is 6.29 Å². The lowest BCUT2D eigenvalue weighted by Crippen LogP contribution is -2.61. The predicted octanol–water partition coefficient (Wildman–Crippen LogP) is -3.05. The van der Waals surface area contributed by atoms with E-state index in [4.69, 9.17) is 21.1 Å². The SMILES string of the molecule is N[C@@H]1[C@@H](O)[C@H](O)[C@@H](C=O)O[C@@H]1O. The molecule has 0 unspecified atom stereocenters. The molecular formula is C6H11NO5. The number of hydrogen-bond donors (Lipinski definition) is 4. The molecule has 1 rings (SSSR count). The summed E-state index contributed by atoms with van der Waals surface area (Å²) in [7, 11) is 0. The normalized spacial score (nSPS) is 48.8. The molecule has 0 aromatic rings. The summed E-state index contributed by atoms with van der Waals surface area (Å²) in [4.78, 5) is 10.2. The van der Waals surface area contributed by atoms with Gasteiger partial charge in [-0.15, -0.1) is 0 Å². The Morgan fingerprint density at radius 1 is 1.25 bits per heavy atom. The quantitative estimate of drug-likeness (QED) is 0.316. The molecule has 0 amide bonds. The highest BCUT2D eigenvalue weighted by Gasteiger charge is 2.41. The molecule has 0 bridgehead atoms. The average molecular weight is 177 g/mol. The third-order valence-corrected chi connectivity index (χ3v) is 1.84. The predicted molar refractivity (Wildman–Crippen MR) is 36.9 cm³/mol. The maximum atomic E-state index is 10.2. The molecule has 70 valence electrons. The van der Waals surface area contributed by atoms with Crippen molar-refractivity contribution in [3.63, 3.8) is 0 Å². The first-order chi connectivity index (χ1) is 5.57. The molecule has 5 N–H and O–H groups in total. The fourth-order valence-electron chi connectivity index (χ4n) is 1.04. The summed E-state index contributed by atoms with van der Waals surface area (Å²) >= 11 is 0. The second kappa shape index (κ2) is 3.46. The minimum absolute atomic E-state index is 0.309. The van der Waals surface area contributed by atoms with Crippen molar-refractivity contribution in [3.8, 4) is 0 Å². The van der Waals surface area contributed by atoms with Crippen molar-refractivity contribution in [1.82, 2.24) is 0 Å². The number of aliphatic hydroxyl groups is 3. The fourth-order valence-corrected chi connectivity index (χ4v) is 1.04. The topological polar surface area (TPSA) is 113 Å². The first-order valence-electron chi connectivity index (χ1n) is 3.48. The molecule has 0 spiro atoms. The van der Waals surface area contributed by atoms with Crippen LogP contribution in [0.5, 0.6) is 0 Å². The third kappa shape index (κ3) is 1.47. The van der Waals surface area contributed by atoms with E-state index in [2.05, 4.69) is 4.74 Å². The lowest BCUT2D eigenvalue weighted by atomic mass is 9.98. The summed E-state index contributed by atoms with van der Waals surface area (Å²) in [5.74, 6) is 0. The van der Waals surface area contributed by atoms with Gasteiger partial charge in [0.25, 0.3) is 0 Å². The summed E-state index contributed by atoms with van der Waals surface area (Å²) in [6.45, 7) is 0. The van der Waals surface area contributed by atoms with Crippen LogP contribution in [0.15, 0.2) is 0 Å². The number of carbonyl (C=O) groups excluding carboxylic acids is 1. The maximum absolute atomic E-state index is 10.2. The van der Waals surface area contributed by atoms with Crippen molar-refractivity contribution in [2.45, 2.75) is 30.6 Å². The zero-order chi connectivity index (χ0) is 9.30. The molecule has 0 saturated carbocycles. The van der Waals surface area contributed by atoms with E-state index in [0.29, 0.717) is 6.29 Å². The Morgan fingerprint density at radius 2 is 1.83 bits per heavy atom. The molecule has 0 aromatic heterocycles. The van der Waals surface area contributed by atoms with Gasteiger partial charge in [0, 0.05) is 0 Å². The molecule has 5 atom stereocenters. The Morgan fingerprint density at radius 3 is 2.33 bits per heavy atom. The van der Waals surface area contributed by atoms with Crippen LogP contribution in [0.2, 0.25) is 0 Å². The number of aldehydes is 1. The van der Waals surface area contributed by atoms with Crippen LogP contribution >= 0.6 is 0 Å². The van der Waals surface area contributed by atoms with Gasteiger partial charge in [0.1, 0.15) is 18.3 Å². The molecule has 6 heteroatoms. The van der Waals surface area contributed by atoms with Crippen LogP contribution in [-0.2, 0) is 9.53 Å².